The zero-order chi connectivity index (χ0) is 17.1. The normalized spacial score (nSPS) is 10.7. The molecule has 122 valence electrons. The first kappa shape index (κ1) is 15.5. The Morgan fingerprint density at radius 1 is 0.920 bits per heavy atom. The third kappa shape index (κ3) is 3.59. The van der Waals surface area contributed by atoms with Gasteiger partial charge in [-0.3, -0.25) is 4.79 Å². The first-order valence-corrected chi connectivity index (χ1v) is 8.94. The molecule has 0 radical (unpaired) electrons. The van der Waals surface area contributed by atoms with Gasteiger partial charge in [0.2, 0.25) is 5.91 Å². The third-order valence-corrected chi connectivity index (χ3v) is 4.76. The van der Waals surface area contributed by atoms with Crippen LogP contribution < -0.4 is 5.32 Å². The van der Waals surface area contributed by atoms with Crippen molar-refractivity contribution in [3.8, 4) is 11.3 Å². The molecule has 0 bridgehead atoms. The number of hydrogen-bond donors (Lipinski definition) is 1. The molecule has 0 aliphatic rings. The molecule has 3 nitrogen and oxygen atoms in total. The summed E-state index contributed by atoms with van der Waals surface area (Å²) < 4.78 is 0. The highest BCUT2D eigenvalue weighted by atomic mass is 32.1. The van der Waals surface area contributed by atoms with E-state index in [1.807, 2.05) is 47.8 Å². The Bertz CT molecular complexity index is 1020. The Labute approximate surface area is 150 Å². The quantitative estimate of drug-likeness (QED) is 0.557. The molecule has 0 saturated carbocycles. The molecule has 0 spiro atoms. The topological polar surface area (TPSA) is 42.0 Å². The van der Waals surface area contributed by atoms with Gasteiger partial charge >= 0.3 is 0 Å². The van der Waals surface area contributed by atoms with Crippen LogP contribution in [0, 0.1) is 0 Å². The second kappa shape index (κ2) is 6.87. The molecule has 1 heterocycles. The number of carbonyl (C=O) groups excluding carboxylic acids is 1. The summed E-state index contributed by atoms with van der Waals surface area (Å²) in [7, 11) is 0. The van der Waals surface area contributed by atoms with Gasteiger partial charge in [0.25, 0.3) is 0 Å². The Balaban J connectivity index is 1.50. The molecule has 1 aromatic heterocycles. The molecule has 0 unspecified atom stereocenters. The fourth-order valence-corrected chi connectivity index (χ4v) is 3.49. The lowest BCUT2D eigenvalue weighted by Crippen LogP contribution is -2.14. The fraction of sp³-hybridized carbons (Fsp3) is 0.0476. The van der Waals surface area contributed by atoms with Gasteiger partial charge in [0.1, 0.15) is 0 Å². The van der Waals surface area contributed by atoms with Crippen LogP contribution in [0.4, 0.5) is 5.13 Å². The van der Waals surface area contributed by atoms with E-state index in [-0.39, 0.29) is 5.91 Å². The smallest absolute Gasteiger partial charge is 0.230 e. The molecule has 4 aromatic rings. The maximum atomic E-state index is 12.2. The predicted molar refractivity (Wildman–Crippen MR) is 104 cm³/mol. The third-order valence-electron chi connectivity index (χ3n) is 4.00. The standard InChI is InChI=1S/C21H16N2OS/c24-20(12-15-6-2-1-3-7-15)23-21-22-19(14-25-21)18-11-10-16-8-4-5-9-17(16)13-18/h1-11,13-14H,12H2,(H,22,23,24). The van der Waals surface area contributed by atoms with Crippen LogP contribution in [0.25, 0.3) is 22.0 Å². The molecule has 4 heteroatoms. The van der Waals surface area contributed by atoms with Crippen LogP contribution in [0.5, 0.6) is 0 Å². The molecular formula is C21H16N2OS. The number of aromatic nitrogens is 1. The fourth-order valence-electron chi connectivity index (χ4n) is 2.76. The van der Waals surface area contributed by atoms with Crippen LogP contribution in [-0.2, 0) is 11.2 Å². The van der Waals surface area contributed by atoms with Crippen LogP contribution in [0.15, 0.2) is 78.2 Å². The van der Waals surface area contributed by atoms with E-state index in [1.165, 1.54) is 22.1 Å². The monoisotopic (exact) mass is 344 g/mol. The van der Waals surface area contributed by atoms with Crippen molar-refractivity contribution in [3.05, 3.63) is 83.7 Å². The minimum Gasteiger partial charge on any atom is -0.302 e. The van der Waals surface area contributed by atoms with Gasteiger partial charge < -0.3 is 5.32 Å². The maximum absolute atomic E-state index is 12.2. The van der Waals surface area contributed by atoms with Gasteiger partial charge in [-0.2, -0.15) is 0 Å². The van der Waals surface area contributed by atoms with Gasteiger partial charge in [-0.15, -0.1) is 11.3 Å². The van der Waals surface area contributed by atoms with E-state index in [2.05, 4.69) is 40.6 Å². The number of fused-ring (bicyclic) bond motifs is 1. The molecular weight excluding hydrogens is 328 g/mol. The number of rotatable bonds is 4. The second-order valence-corrected chi connectivity index (χ2v) is 6.67. The van der Waals surface area contributed by atoms with E-state index in [9.17, 15) is 4.79 Å². The van der Waals surface area contributed by atoms with Crippen molar-refractivity contribution in [1.82, 2.24) is 4.98 Å². The molecule has 4 rings (SSSR count). The summed E-state index contributed by atoms with van der Waals surface area (Å²) in [6.07, 6.45) is 0.353. The van der Waals surface area contributed by atoms with E-state index in [0.717, 1.165) is 16.8 Å². The minimum atomic E-state index is -0.0504. The van der Waals surface area contributed by atoms with Crippen LogP contribution in [0.3, 0.4) is 0 Å². The molecule has 0 saturated heterocycles. The van der Waals surface area contributed by atoms with Crippen molar-refractivity contribution in [2.24, 2.45) is 0 Å². The number of hydrogen-bond acceptors (Lipinski definition) is 3. The lowest BCUT2D eigenvalue weighted by molar-refractivity contribution is -0.115. The first-order chi connectivity index (χ1) is 12.3. The molecule has 0 atom stereocenters. The van der Waals surface area contributed by atoms with E-state index >= 15 is 0 Å². The molecule has 3 aromatic carbocycles. The van der Waals surface area contributed by atoms with Crippen LogP contribution in [0.2, 0.25) is 0 Å². The number of thiazole rings is 1. The van der Waals surface area contributed by atoms with Gasteiger partial charge in [0.15, 0.2) is 5.13 Å². The second-order valence-electron chi connectivity index (χ2n) is 5.81. The highest BCUT2D eigenvalue weighted by molar-refractivity contribution is 7.14. The highest BCUT2D eigenvalue weighted by Gasteiger charge is 2.09. The van der Waals surface area contributed by atoms with Crippen LogP contribution in [0.1, 0.15) is 5.56 Å². The predicted octanol–water partition coefficient (Wildman–Crippen LogP) is 5.14. The Hall–Kier alpha value is -2.98. The van der Waals surface area contributed by atoms with Gasteiger partial charge in [-0.1, -0.05) is 66.7 Å². The van der Waals surface area contributed by atoms with Crippen LogP contribution >= 0.6 is 11.3 Å². The van der Waals surface area contributed by atoms with Crippen molar-refractivity contribution in [1.29, 1.82) is 0 Å². The van der Waals surface area contributed by atoms with E-state index < -0.39 is 0 Å². The van der Waals surface area contributed by atoms with Crippen molar-refractivity contribution in [2.45, 2.75) is 6.42 Å². The molecule has 0 aliphatic heterocycles. The lowest BCUT2D eigenvalue weighted by Gasteiger charge is -2.02. The van der Waals surface area contributed by atoms with E-state index in [4.69, 9.17) is 0 Å². The summed E-state index contributed by atoms with van der Waals surface area (Å²) in [6, 6.07) is 24.2. The number of carbonyl (C=O) groups is 1. The molecule has 1 N–H and O–H groups in total. The Morgan fingerprint density at radius 2 is 1.68 bits per heavy atom. The van der Waals surface area contributed by atoms with Gasteiger partial charge in [0, 0.05) is 10.9 Å². The minimum absolute atomic E-state index is 0.0504. The van der Waals surface area contributed by atoms with Gasteiger partial charge in [-0.25, -0.2) is 4.98 Å². The molecule has 1 amide bonds. The SMILES string of the molecule is O=C(Cc1ccccc1)Nc1nc(-c2ccc3ccccc3c2)cs1. The molecule has 0 aliphatic carbocycles. The largest absolute Gasteiger partial charge is 0.302 e. The van der Waals surface area contributed by atoms with Crippen molar-refractivity contribution >= 4 is 33.1 Å². The summed E-state index contributed by atoms with van der Waals surface area (Å²) in [4.78, 5) is 16.7. The molecule has 25 heavy (non-hydrogen) atoms. The molecule has 0 fully saturated rings. The Kier molecular flexibility index (Phi) is 4.27. The number of nitrogens with zero attached hydrogens (tertiary/aromatic N) is 1. The highest BCUT2D eigenvalue weighted by Crippen LogP contribution is 2.27. The van der Waals surface area contributed by atoms with Crippen molar-refractivity contribution in [2.75, 3.05) is 5.32 Å². The summed E-state index contributed by atoms with van der Waals surface area (Å²) in [5.74, 6) is -0.0504. The summed E-state index contributed by atoms with van der Waals surface area (Å²) in [5, 5.41) is 7.88. The number of nitrogens with one attached hydrogen (secondary N) is 1. The van der Waals surface area contributed by atoms with Gasteiger partial charge in [0.05, 0.1) is 12.1 Å². The summed E-state index contributed by atoms with van der Waals surface area (Å²) >= 11 is 1.45. The van der Waals surface area contributed by atoms with Crippen molar-refractivity contribution in [3.63, 3.8) is 0 Å². The summed E-state index contributed by atoms with van der Waals surface area (Å²) in [5.41, 5.74) is 2.93. The first-order valence-electron chi connectivity index (χ1n) is 8.06. The van der Waals surface area contributed by atoms with Crippen molar-refractivity contribution < 1.29 is 4.79 Å². The Morgan fingerprint density at radius 3 is 2.52 bits per heavy atom. The average Bonchev–Trinajstić information content (AvgIpc) is 3.10. The average molecular weight is 344 g/mol. The maximum Gasteiger partial charge on any atom is 0.230 e. The number of anilines is 1. The number of benzene rings is 3. The lowest BCUT2D eigenvalue weighted by atomic mass is 10.1. The van der Waals surface area contributed by atoms with E-state index in [1.54, 1.807) is 0 Å². The number of amides is 1. The van der Waals surface area contributed by atoms with Gasteiger partial charge in [-0.05, 0) is 22.4 Å². The zero-order valence-corrected chi connectivity index (χ0v) is 14.3. The zero-order valence-electron chi connectivity index (χ0n) is 13.5. The summed E-state index contributed by atoms with van der Waals surface area (Å²) in [6.45, 7) is 0. The van der Waals surface area contributed by atoms with E-state index in [0.29, 0.717) is 11.6 Å². The van der Waals surface area contributed by atoms with Crippen LogP contribution in [-0.4, -0.2) is 10.9 Å².